The first-order chi connectivity index (χ1) is 14.3. The molecular formula is C20H16F2N2O5S. The molecule has 10 heteroatoms. The highest BCUT2D eigenvalue weighted by Crippen LogP contribution is 2.32. The molecule has 0 saturated carbocycles. The first-order valence-electron chi connectivity index (χ1n) is 8.71. The quantitative estimate of drug-likeness (QED) is 0.648. The molecule has 2 N–H and O–H groups in total. The van der Waals surface area contributed by atoms with Gasteiger partial charge in [-0.1, -0.05) is 24.3 Å². The standard InChI is InChI=1S/C20H16F2N2O5S/c21-19(22)29-13-7-5-12(6-8-13)11-16-18(27)24(20(28)30-16)10-9-23-17(26)14-3-1-2-4-15(14)25/h1-8,11,19,25H,9-10H2,(H,23,26)/b16-11-. The van der Waals surface area contributed by atoms with E-state index < -0.39 is 23.7 Å². The summed E-state index contributed by atoms with van der Waals surface area (Å²) in [5.41, 5.74) is 0.626. The maximum Gasteiger partial charge on any atom is 0.387 e. The Kier molecular flexibility index (Phi) is 6.68. The zero-order valence-corrected chi connectivity index (χ0v) is 16.2. The molecule has 1 aliphatic heterocycles. The molecule has 3 rings (SSSR count). The fourth-order valence-corrected chi connectivity index (χ4v) is 3.50. The SMILES string of the molecule is O=C(NCCN1C(=O)S/C(=C\c2ccc(OC(F)F)cc2)C1=O)c1ccccc1O. The molecule has 2 aromatic rings. The maximum absolute atomic E-state index is 12.5. The topological polar surface area (TPSA) is 95.9 Å². The van der Waals surface area contributed by atoms with Crippen molar-refractivity contribution < 1.29 is 33.0 Å². The first kappa shape index (κ1) is 21.3. The molecule has 156 valence electrons. The van der Waals surface area contributed by atoms with Crippen LogP contribution >= 0.6 is 11.8 Å². The van der Waals surface area contributed by atoms with Gasteiger partial charge in [-0.05, 0) is 47.7 Å². The monoisotopic (exact) mass is 434 g/mol. The molecule has 0 spiro atoms. The number of alkyl halides is 2. The molecule has 1 fully saturated rings. The van der Waals surface area contributed by atoms with Gasteiger partial charge < -0.3 is 15.2 Å². The van der Waals surface area contributed by atoms with Crippen molar-refractivity contribution in [2.75, 3.05) is 13.1 Å². The van der Waals surface area contributed by atoms with Crippen LogP contribution in [0.5, 0.6) is 11.5 Å². The summed E-state index contributed by atoms with van der Waals surface area (Å²) in [6.45, 7) is -2.96. The summed E-state index contributed by atoms with van der Waals surface area (Å²) in [7, 11) is 0. The average Bonchev–Trinajstić information content (AvgIpc) is 2.96. The van der Waals surface area contributed by atoms with Gasteiger partial charge in [0.25, 0.3) is 17.1 Å². The van der Waals surface area contributed by atoms with Crippen molar-refractivity contribution in [1.29, 1.82) is 0 Å². The fraction of sp³-hybridized carbons (Fsp3) is 0.150. The lowest BCUT2D eigenvalue weighted by Gasteiger charge is -2.13. The number of hydrogen-bond acceptors (Lipinski definition) is 6. The second kappa shape index (κ2) is 9.40. The molecule has 0 aliphatic carbocycles. The molecule has 2 aromatic carbocycles. The van der Waals surface area contributed by atoms with Gasteiger partial charge >= 0.3 is 6.61 Å². The first-order valence-corrected chi connectivity index (χ1v) is 9.53. The smallest absolute Gasteiger partial charge is 0.387 e. The molecule has 1 aliphatic rings. The second-order valence-electron chi connectivity index (χ2n) is 6.05. The highest BCUT2D eigenvalue weighted by atomic mass is 32.2. The summed E-state index contributed by atoms with van der Waals surface area (Å²) in [6, 6.07) is 11.6. The lowest BCUT2D eigenvalue weighted by molar-refractivity contribution is -0.122. The van der Waals surface area contributed by atoms with Gasteiger partial charge in [0, 0.05) is 13.1 Å². The molecule has 7 nitrogen and oxygen atoms in total. The van der Waals surface area contributed by atoms with Gasteiger partial charge in [-0.25, -0.2) is 0 Å². The van der Waals surface area contributed by atoms with Crippen LogP contribution in [-0.4, -0.2) is 46.8 Å². The predicted molar refractivity (Wildman–Crippen MR) is 106 cm³/mol. The Morgan fingerprint density at radius 3 is 2.53 bits per heavy atom. The van der Waals surface area contributed by atoms with E-state index in [4.69, 9.17) is 0 Å². The number of phenols is 1. The van der Waals surface area contributed by atoms with Crippen LogP contribution in [0.1, 0.15) is 15.9 Å². The molecule has 0 aromatic heterocycles. The lowest BCUT2D eigenvalue weighted by atomic mass is 10.2. The Morgan fingerprint density at radius 2 is 1.87 bits per heavy atom. The number of para-hydroxylation sites is 1. The number of nitrogens with zero attached hydrogens (tertiary/aromatic N) is 1. The highest BCUT2D eigenvalue weighted by Gasteiger charge is 2.34. The molecule has 30 heavy (non-hydrogen) atoms. The van der Waals surface area contributed by atoms with E-state index in [1.807, 2.05) is 0 Å². The van der Waals surface area contributed by atoms with Crippen LogP contribution in [0.15, 0.2) is 53.4 Å². The minimum Gasteiger partial charge on any atom is -0.507 e. The van der Waals surface area contributed by atoms with Gasteiger partial charge in [-0.3, -0.25) is 19.3 Å². The Morgan fingerprint density at radius 1 is 1.17 bits per heavy atom. The number of phenolic OH excluding ortho intramolecular Hbond substituents is 1. The molecule has 1 saturated heterocycles. The van der Waals surface area contributed by atoms with Gasteiger partial charge in [-0.2, -0.15) is 8.78 Å². The summed E-state index contributed by atoms with van der Waals surface area (Å²) < 4.78 is 28.6. The number of carbonyl (C=O) groups excluding carboxylic acids is 3. The zero-order chi connectivity index (χ0) is 21.7. The number of nitrogens with one attached hydrogen (secondary N) is 1. The minimum atomic E-state index is -2.93. The van der Waals surface area contributed by atoms with Crippen molar-refractivity contribution in [3.63, 3.8) is 0 Å². The van der Waals surface area contributed by atoms with E-state index in [9.17, 15) is 28.3 Å². The van der Waals surface area contributed by atoms with Gasteiger partial charge in [0.2, 0.25) is 0 Å². The van der Waals surface area contributed by atoms with E-state index >= 15 is 0 Å². The van der Waals surface area contributed by atoms with Crippen molar-refractivity contribution in [3.05, 3.63) is 64.6 Å². The lowest BCUT2D eigenvalue weighted by Crippen LogP contribution is -2.37. The van der Waals surface area contributed by atoms with Crippen LogP contribution in [0.3, 0.4) is 0 Å². The van der Waals surface area contributed by atoms with Crippen molar-refractivity contribution >= 4 is 34.9 Å². The third-order valence-corrected chi connectivity index (χ3v) is 4.95. The summed E-state index contributed by atoms with van der Waals surface area (Å²) in [5.74, 6) is -1.24. The van der Waals surface area contributed by atoms with Crippen LogP contribution in [0, 0.1) is 0 Å². The molecule has 0 unspecified atom stereocenters. The highest BCUT2D eigenvalue weighted by molar-refractivity contribution is 8.18. The summed E-state index contributed by atoms with van der Waals surface area (Å²) in [6.07, 6.45) is 1.47. The number of benzene rings is 2. The number of imide groups is 1. The molecule has 1 heterocycles. The minimum absolute atomic E-state index is 0.0121. The summed E-state index contributed by atoms with van der Waals surface area (Å²) >= 11 is 0.744. The number of ether oxygens (including phenoxy) is 1. The second-order valence-corrected chi connectivity index (χ2v) is 7.05. The van der Waals surface area contributed by atoms with Crippen LogP contribution in [0.4, 0.5) is 13.6 Å². The number of rotatable bonds is 7. The van der Waals surface area contributed by atoms with Crippen molar-refractivity contribution in [1.82, 2.24) is 10.2 Å². The van der Waals surface area contributed by atoms with Crippen molar-refractivity contribution in [2.24, 2.45) is 0 Å². The molecule has 0 atom stereocenters. The largest absolute Gasteiger partial charge is 0.507 e. The Hall–Kier alpha value is -3.40. The number of thioether (sulfide) groups is 1. The van der Waals surface area contributed by atoms with Crippen LogP contribution < -0.4 is 10.1 Å². The number of amides is 3. The summed E-state index contributed by atoms with van der Waals surface area (Å²) in [5, 5.41) is 11.7. The van der Waals surface area contributed by atoms with Crippen molar-refractivity contribution in [2.45, 2.75) is 6.61 Å². The van der Waals surface area contributed by atoms with Crippen LogP contribution in [-0.2, 0) is 4.79 Å². The zero-order valence-electron chi connectivity index (χ0n) is 15.4. The van der Waals surface area contributed by atoms with Gasteiger partial charge in [0.05, 0.1) is 10.5 Å². The van der Waals surface area contributed by atoms with E-state index in [0.29, 0.717) is 5.56 Å². The number of aromatic hydroxyl groups is 1. The average molecular weight is 434 g/mol. The van der Waals surface area contributed by atoms with Crippen LogP contribution in [0.25, 0.3) is 6.08 Å². The van der Waals surface area contributed by atoms with Gasteiger partial charge in [0.15, 0.2) is 0 Å². The number of halogens is 2. The molecule has 0 bridgehead atoms. The van der Waals surface area contributed by atoms with E-state index in [-0.39, 0.29) is 35.1 Å². The maximum atomic E-state index is 12.5. The van der Waals surface area contributed by atoms with E-state index in [0.717, 1.165) is 16.7 Å². The Labute approximate surface area is 174 Å². The van der Waals surface area contributed by atoms with Gasteiger partial charge in [0.1, 0.15) is 11.5 Å². The van der Waals surface area contributed by atoms with Gasteiger partial charge in [-0.15, -0.1) is 0 Å². The molecule has 0 radical (unpaired) electrons. The third kappa shape index (κ3) is 5.15. The van der Waals surface area contributed by atoms with Crippen molar-refractivity contribution in [3.8, 4) is 11.5 Å². The fourth-order valence-electron chi connectivity index (χ4n) is 2.63. The van der Waals surface area contributed by atoms with E-state index in [2.05, 4.69) is 10.1 Å². The summed E-state index contributed by atoms with van der Waals surface area (Å²) in [4.78, 5) is 37.8. The Bertz CT molecular complexity index is 995. The van der Waals surface area contributed by atoms with Crippen LogP contribution in [0.2, 0.25) is 0 Å². The number of carbonyl (C=O) groups is 3. The Balaban J connectivity index is 1.58. The van der Waals surface area contributed by atoms with E-state index in [1.165, 1.54) is 42.5 Å². The molecule has 3 amide bonds. The number of hydrogen-bond donors (Lipinski definition) is 2. The third-order valence-electron chi connectivity index (χ3n) is 4.05. The van der Waals surface area contributed by atoms with E-state index in [1.54, 1.807) is 12.1 Å². The normalized spacial score (nSPS) is 15.2. The predicted octanol–water partition coefficient (Wildman–Crippen LogP) is 3.46. The molecular weight excluding hydrogens is 418 g/mol.